The van der Waals surface area contributed by atoms with E-state index in [1.54, 1.807) is 40.1 Å². The number of carbonyl (C=O) groups is 4. The minimum atomic E-state index is -1.12. The fourth-order valence-corrected chi connectivity index (χ4v) is 9.23. The SMILES string of the molecule is CC[C@H](/C=C(\C)C[C@H](C)C[C@H](OC)[C@H]1OC(=O)[C@H](C)C[C@@H]1OC)C(=O)C[C@H](O)[C@@H](C)[C@H](OC(=O)[C@@H]1CCCCN1C(=O)[C@@]1(C)CO1)/C(C)=C/[C@@H]1CC[C@@H](O)[C@H](OC)C1. The molecule has 0 aromatic carbocycles. The molecule has 3 aliphatic heterocycles. The quantitative estimate of drug-likeness (QED) is 0.0898. The summed E-state index contributed by atoms with van der Waals surface area (Å²) in [4.78, 5) is 55.2. The first-order valence-corrected chi connectivity index (χ1v) is 21.6. The van der Waals surface area contributed by atoms with Crippen LogP contribution in [0.3, 0.4) is 0 Å². The van der Waals surface area contributed by atoms with Gasteiger partial charge in [0, 0.05) is 46.1 Å². The number of amides is 1. The Bertz CT molecular complexity index is 1460. The number of methoxy groups -OCH3 is 3. The molecule has 0 spiro atoms. The Balaban J connectivity index is 1.45. The van der Waals surface area contributed by atoms with E-state index in [1.165, 1.54) is 0 Å². The van der Waals surface area contributed by atoms with Gasteiger partial charge >= 0.3 is 11.9 Å². The second kappa shape index (κ2) is 21.7. The molecule has 4 fully saturated rings. The number of nitrogens with zero attached hydrogens (tertiary/aromatic N) is 1. The van der Waals surface area contributed by atoms with E-state index in [0.717, 1.165) is 30.4 Å². The number of aliphatic hydroxyl groups excluding tert-OH is 2. The largest absolute Gasteiger partial charge is 0.457 e. The van der Waals surface area contributed by atoms with Crippen molar-refractivity contribution >= 4 is 23.6 Å². The van der Waals surface area contributed by atoms with Crippen molar-refractivity contribution in [1.82, 2.24) is 4.90 Å². The Morgan fingerprint density at radius 2 is 1.71 bits per heavy atom. The summed E-state index contributed by atoms with van der Waals surface area (Å²) in [7, 11) is 4.83. The van der Waals surface area contributed by atoms with Gasteiger partial charge < -0.3 is 43.5 Å². The number of esters is 2. The van der Waals surface area contributed by atoms with E-state index in [1.807, 2.05) is 39.8 Å². The number of ketones is 1. The predicted molar refractivity (Wildman–Crippen MR) is 217 cm³/mol. The van der Waals surface area contributed by atoms with Gasteiger partial charge in [-0.05, 0) is 102 Å². The van der Waals surface area contributed by atoms with Crippen LogP contribution in [-0.4, -0.2) is 128 Å². The molecule has 0 aromatic rings. The summed E-state index contributed by atoms with van der Waals surface area (Å²) < 4.78 is 34.5. The molecule has 0 bridgehead atoms. The highest BCUT2D eigenvalue weighted by molar-refractivity contribution is 5.91. The number of Topliss-reactive ketones (excluding diaryl/α,β-unsaturated/α-hetero) is 1. The maximum absolute atomic E-state index is 14.0. The summed E-state index contributed by atoms with van der Waals surface area (Å²) in [6.45, 7) is 14.1. The minimum Gasteiger partial charge on any atom is -0.457 e. The van der Waals surface area contributed by atoms with Gasteiger partial charge in [-0.3, -0.25) is 14.4 Å². The third kappa shape index (κ3) is 12.4. The van der Waals surface area contributed by atoms with Gasteiger partial charge in [0.1, 0.15) is 17.9 Å². The van der Waals surface area contributed by atoms with Gasteiger partial charge in [0.15, 0.2) is 11.7 Å². The average Bonchev–Trinajstić information content (AvgIpc) is 3.96. The maximum atomic E-state index is 14.0. The number of piperidine rings is 1. The standard InChI is InChI=1S/C45H73NO12/c1-11-32(19-26(2)18-27(3)20-38(54-9)41-39(55-10)22-29(5)42(50)58-41)36(49)24-35(48)30(6)40(28(4)21-31-15-16-34(47)37(23-31)53-8)57-43(51)33-14-12-13-17-46(33)44(52)45(7)25-56-45/h19,21,27,29-35,37-41,47-48H,11-18,20,22-25H2,1-10H3/b26-19+,28-21+/t27-,29+,30+,31-,32+,33-,34+,35-,37+,38-,39-,40+,41+,45+/m0/s1. The molecule has 1 saturated carbocycles. The van der Waals surface area contributed by atoms with Crippen molar-refractivity contribution in [2.75, 3.05) is 34.5 Å². The minimum absolute atomic E-state index is 0.0576. The number of aliphatic hydroxyl groups is 2. The number of likely N-dealkylation sites (tertiary alicyclic amines) is 1. The van der Waals surface area contributed by atoms with E-state index < -0.39 is 53.9 Å². The van der Waals surface area contributed by atoms with Crippen LogP contribution in [0.1, 0.15) is 119 Å². The summed E-state index contributed by atoms with van der Waals surface area (Å²) in [5.41, 5.74) is 0.872. The van der Waals surface area contributed by atoms with Gasteiger partial charge in [-0.1, -0.05) is 45.4 Å². The van der Waals surface area contributed by atoms with Crippen LogP contribution in [0.4, 0.5) is 0 Å². The molecule has 14 atom stereocenters. The molecule has 2 N–H and O–H groups in total. The topological polar surface area (TPSA) is 171 Å². The zero-order valence-electron chi connectivity index (χ0n) is 36.8. The van der Waals surface area contributed by atoms with Gasteiger partial charge in [0.25, 0.3) is 5.91 Å². The molecule has 0 radical (unpaired) electrons. The number of hydrogen-bond acceptors (Lipinski definition) is 12. The fourth-order valence-electron chi connectivity index (χ4n) is 9.23. The zero-order valence-corrected chi connectivity index (χ0v) is 36.8. The monoisotopic (exact) mass is 820 g/mol. The molecule has 330 valence electrons. The molecule has 0 unspecified atom stereocenters. The van der Waals surface area contributed by atoms with Crippen LogP contribution >= 0.6 is 0 Å². The third-order valence-electron chi connectivity index (χ3n) is 13.1. The lowest BCUT2D eigenvalue weighted by Crippen LogP contribution is -2.53. The number of rotatable bonds is 20. The van der Waals surface area contributed by atoms with E-state index in [0.29, 0.717) is 58.1 Å². The lowest BCUT2D eigenvalue weighted by Gasteiger charge is -2.38. The molecule has 1 amide bonds. The number of hydrogen-bond donors (Lipinski definition) is 2. The highest BCUT2D eigenvalue weighted by Crippen LogP contribution is 2.35. The van der Waals surface area contributed by atoms with Crippen molar-refractivity contribution < 1.29 is 57.8 Å². The highest BCUT2D eigenvalue weighted by Gasteiger charge is 2.52. The first-order valence-electron chi connectivity index (χ1n) is 21.6. The Labute approximate surface area is 346 Å². The summed E-state index contributed by atoms with van der Waals surface area (Å²) in [5, 5.41) is 22.1. The number of carbonyl (C=O) groups excluding carboxylic acids is 4. The summed E-state index contributed by atoms with van der Waals surface area (Å²) in [6, 6.07) is -0.770. The van der Waals surface area contributed by atoms with Gasteiger partial charge in [0.05, 0.1) is 43.0 Å². The van der Waals surface area contributed by atoms with E-state index in [-0.39, 0.29) is 60.1 Å². The Hall–Kier alpha value is -2.68. The van der Waals surface area contributed by atoms with Gasteiger partial charge in [-0.15, -0.1) is 0 Å². The van der Waals surface area contributed by atoms with Gasteiger partial charge in [0.2, 0.25) is 0 Å². The van der Waals surface area contributed by atoms with Crippen molar-refractivity contribution in [2.45, 2.75) is 173 Å². The molecule has 4 aliphatic rings. The highest BCUT2D eigenvalue weighted by atomic mass is 16.6. The normalized spacial score (nSPS) is 32.7. The maximum Gasteiger partial charge on any atom is 0.329 e. The van der Waals surface area contributed by atoms with Crippen molar-refractivity contribution in [2.24, 2.45) is 29.6 Å². The number of allylic oxidation sites excluding steroid dienone is 3. The first-order chi connectivity index (χ1) is 27.5. The van der Waals surface area contributed by atoms with E-state index in [2.05, 4.69) is 6.92 Å². The van der Waals surface area contributed by atoms with E-state index in [9.17, 15) is 29.4 Å². The molecule has 58 heavy (non-hydrogen) atoms. The van der Waals surface area contributed by atoms with Crippen LogP contribution in [0, 0.1) is 29.6 Å². The number of ether oxygens (including phenoxy) is 6. The molecule has 13 nitrogen and oxygen atoms in total. The lowest BCUT2D eigenvalue weighted by molar-refractivity contribution is -0.189. The molecule has 1 aliphatic carbocycles. The summed E-state index contributed by atoms with van der Waals surface area (Å²) in [5.74, 6) is -2.17. The number of epoxide rings is 1. The summed E-state index contributed by atoms with van der Waals surface area (Å²) in [6.07, 6.45) is 6.39. The smallest absolute Gasteiger partial charge is 0.329 e. The van der Waals surface area contributed by atoms with Crippen molar-refractivity contribution in [1.29, 1.82) is 0 Å². The Morgan fingerprint density at radius 3 is 2.33 bits per heavy atom. The van der Waals surface area contributed by atoms with Crippen LogP contribution < -0.4 is 0 Å². The van der Waals surface area contributed by atoms with Crippen LogP contribution in [0.5, 0.6) is 0 Å². The first kappa shape index (κ1) is 48.0. The second-order valence-electron chi connectivity index (χ2n) is 18.0. The van der Waals surface area contributed by atoms with E-state index >= 15 is 0 Å². The van der Waals surface area contributed by atoms with Crippen LogP contribution in [0.2, 0.25) is 0 Å². The summed E-state index contributed by atoms with van der Waals surface area (Å²) >= 11 is 0. The predicted octanol–water partition coefficient (Wildman–Crippen LogP) is 5.52. The number of cyclic esters (lactones) is 1. The van der Waals surface area contributed by atoms with Crippen molar-refractivity contribution in [3.05, 3.63) is 23.3 Å². The molecular formula is C45H73NO12. The average molecular weight is 820 g/mol. The molecule has 4 rings (SSSR count). The molecule has 3 heterocycles. The lowest BCUT2D eigenvalue weighted by atomic mass is 9.81. The van der Waals surface area contributed by atoms with Crippen LogP contribution in [0.25, 0.3) is 0 Å². The molecule has 13 heteroatoms. The second-order valence-corrected chi connectivity index (χ2v) is 18.0. The van der Waals surface area contributed by atoms with Gasteiger partial charge in [-0.25, -0.2) is 4.79 Å². The molecule has 0 aromatic heterocycles. The Morgan fingerprint density at radius 1 is 1.02 bits per heavy atom. The van der Waals surface area contributed by atoms with Gasteiger partial charge in [-0.2, -0.15) is 0 Å². The fraction of sp³-hybridized carbons (Fsp3) is 0.822. The Kier molecular flexibility index (Phi) is 18.0. The van der Waals surface area contributed by atoms with Crippen LogP contribution in [0.15, 0.2) is 23.3 Å². The van der Waals surface area contributed by atoms with Crippen LogP contribution in [-0.2, 0) is 47.6 Å². The zero-order chi connectivity index (χ0) is 42.9. The molecule has 3 saturated heterocycles. The van der Waals surface area contributed by atoms with Crippen molar-refractivity contribution in [3.63, 3.8) is 0 Å². The third-order valence-corrected chi connectivity index (χ3v) is 13.1. The van der Waals surface area contributed by atoms with E-state index in [4.69, 9.17) is 28.4 Å². The molecular weight excluding hydrogens is 746 g/mol. The van der Waals surface area contributed by atoms with Crippen molar-refractivity contribution in [3.8, 4) is 0 Å².